The Morgan fingerprint density at radius 1 is 1.23 bits per heavy atom. The average Bonchev–Trinajstić information content (AvgIpc) is 3.34. The predicted molar refractivity (Wildman–Crippen MR) is 121 cm³/mol. The van der Waals surface area contributed by atoms with Gasteiger partial charge in [0.25, 0.3) is 0 Å². The minimum absolute atomic E-state index is 0.0104. The number of aromatic amines is 1. The van der Waals surface area contributed by atoms with Gasteiger partial charge in [0, 0.05) is 36.5 Å². The fourth-order valence-corrected chi connectivity index (χ4v) is 4.45. The summed E-state index contributed by atoms with van der Waals surface area (Å²) >= 11 is 7.41. The first kappa shape index (κ1) is 20.2. The van der Waals surface area contributed by atoms with Crippen LogP contribution in [-0.4, -0.2) is 47.3 Å². The summed E-state index contributed by atoms with van der Waals surface area (Å²) < 4.78 is 11.2. The van der Waals surface area contributed by atoms with Crippen molar-refractivity contribution in [2.45, 2.75) is 37.2 Å². The van der Waals surface area contributed by atoms with Crippen LogP contribution >= 0.6 is 23.5 Å². The molecule has 1 saturated carbocycles. The van der Waals surface area contributed by atoms with Crippen molar-refractivity contribution in [2.75, 3.05) is 11.8 Å². The number of anilines is 1. The van der Waals surface area contributed by atoms with E-state index in [1.165, 1.54) is 11.9 Å². The van der Waals surface area contributed by atoms with E-state index in [4.69, 9.17) is 16.3 Å². The number of halogens is 1. The summed E-state index contributed by atoms with van der Waals surface area (Å²) in [6.45, 7) is 2.05. The van der Waals surface area contributed by atoms with Crippen molar-refractivity contribution in [1.29, 1.82) is 0 Å². The Morgan fingerprint density at radius 2 is 2.03 bits per heavy atom. The molecule has 1 aliphatic carbocycles. The second-order valence-electron chi connectivity index (χ2n) is 7.43. The molecule has 3 aromatic heterocycles. The third-order valence-corrected chi connectivity index (χ3v) is 6.36. The van der Waals surface area contributed by atoms with Crippen molar-refractivity contribution in [3.63, 3.8) is 0 Å². The molecular weight excluding hydrogens is 436 g/mol. The quantitative estimate of drug-likeness (QED) is 0.375. The second-order valence-corrected chi connectivity index (χ2v) is 9.05. The summed E-state index contributed by atoms with van der Waals surface area (Å²) in [6, 6.07) is 6.45. The van der Waals surface area contributed by atoms with Crippen LogP contribution in [0.5, 0.6) is 0 Å². The van der Waals surface area contributed by atoms with Crippen molar-refractivity contribution in [1.82, 2.24) is 34.9 Å². The highest BCUT2D eigenvalue weighted by Crippen LogP contribution is 2.42. The maximum absolute atomic E-state index is 5.91. The molecule has 0 aliphatic heterocycles. The van der Waals surface area contributed by atoms with Crippen LogP contribution in [0.3, 0.4) is 0 Å². The van der Waals surface area contributed by atoms with E-state index in [-0.39, 0.29) is 11.4 Å². The number of nitrogens with zero attached hydrogens (tertiary/aromatic N) is 6. The first-order chi connectivity index (χ1) is 15.2. The number of methoxy groups -OCH3 is 1. The van der Waals surface area contributed by atoms with Crippen LogP contribution in [0.1, 0.15) is 37.7 Å². The average molecular weight is 457 g/mol. The molecule has 2 N–H and O–H groups in total. The van der Waals surface area contributed by atoms with Gasteiger partial charge in [-0.15, -0.1) is 10.2 Å². The van der Waals surface area contributed by atoms with Crippen molar-refractivity contribution in [2.24, 2.45) is 0 Å². The van der Waals surface area contributed by atoms with Crippen LogP contribution in [0, 0.1) is 0 Å². The Labute approximate surface area is 188 Å². The summed E-state index contributed by atoms with van der Waals surface area (Å²) in [4.78, 5) is 8.60. The van der Waals surface area contributed by atoms with Gasteiger partial charge in [0.2, 0.25) is 5.95 Å². The van der Waals surface area contributed by atoms with Crippen LogP contribution < -0.4 is 4.72 Å². The van der Waals surface area contributed by atoms with Crippen LogP contribution in [0.2, 0.25) is 5.02 Å². The summed E-state index contributed by atoms with van der Waals surface area (Å²) in [5, 5.41) is 17.7. The first-order valence-corrected chi connectivity index (χ1v) is 11.2. The van der Waals surface area contributed by atoms with Gasteiger partial charge in [-0.1, -0.05) is 23.7 Å². The van der Waals surface area contributed by atoms with Crippen molar-refractivity contribution < 1.29 is 4.74 Å². The molecule has 0 bridgehead atoms. The summed E-state index contributed by atoms with van der Waals surface area (Å²) in [5.41, 5.74) is 1.99. The molecular formula is C20H21ClN8OS. The van der Waals surface area contributed by atoms with Crippen LogP contribution in [0.15, 0.2) is 36.8 Å². The van der Waals surface area contributed by atoms with E-state index in [1.54, 1.807) is 19.5 Å². The van der Waals surface area contributed by atoms with Crippen molar-refractivity contribution in [3.05, 3.63) is 47.6 Å². The smallest absolute Gasteiger partial charge is 0.235 e. The zero-order valence-corrected chi connectivity index (χ0v) is 18.6. The summed E-state index contributed by atoms with van der Waals surface area (Å²) in [5.74, 6) is 2.15. The number of fused-ring (bicyclic) bond motifs is 1. The molecule has 0 spiro atoms. The van der Waals surface area contributed by atoms with Crippen LogP contribution in [-0.2, 0) is 4.74 Å². The van der Waals surface area contributed by atoms with E-state index >= 15 is 0 Å². The molecule has 4 aromatic rings. The third kappa shape index (κ3) is 3.98. The minimum atomic E-state index is -0.300. The number of ether oxygens (including phenoxy) is 1. The number of aromatic nitrogens is 7. The van der Waals surface area contributed by atoms with Gasteiger partial charge in [-0.3, -0.25) is 14.4 Å². The molecule has 3 heterocycles. The highest BCUT2D eigenvalue weighted by Gasteiger charge is 2.31. The maximum Gasteiger partial charge on any atom is 0.235 e. The third-order valence-electron chi connectivity index (χ3n) is 5.24. The molecule has 0 amide bonds. The Kier molecular flexibility index (Phi) is 5.51. The zero-order chi connectivity index (χ0) is 21.4. The maximum atomic E-state index is 5.91. The van der Waals surface area contributed by atoms with Crippen molar-refractivity contribution >= 4 is 40.4 Å². The van der Waals surface area contributed by atoms with Gasteiger partial charge in [0.05, 0.1) is 22.0 Å². The molecule has 1 aliphatic rings. The fraction of sp³-hybridized carbons (Fsp3) is 0.350. The molecule has 1 aromatic carbocycles. The predicted octanol–water partition coefficient (Wildman–Crippen LogP) is 4.44. The van der Waals surface area contributed by atoms with Crippen LogP contribution in [0.25, 0.3) is 22.3 Å². The molecule has 2 unspecified atom stereocenters. The van der Waals surface area contributed by atoms with Crippen molar-refractivity contribution in [3.8, 4) is 11.4 Å². The first-order valence-electron chi connectivity index (χ1n) is 9.95. The standard InChI is InChI=1S/C20H21ClN8OS/c1-11(17(30-2)18-22-8-12(21)9-23-18)31-28-20-27-26-19(29(20)13-6-7-13)14-4-3-5-16-15(14)10-24-25-16/h3-5,8-11,13,17H,6-7H2,1-2H3,(H,24,25)(H,27,28). The Morgan fingerprint density at radius 3 is 2.77 bits per heavy atom. The molecule has 11 heteroatoms. The number of hydrogen-bond acceptors (Lipinski definition) is 8. The fourth-order valence-electron chi connectivity index (χ4n) is 3.57. The largest absolute Gasteiger partial charge is 0.372 e. The van der Waals surface area contributed by atoms with Gasteiger partial charge < -0.3 is 4.74 Å². The number of H-pyrrole nitrogens is 1. The number of rotatable bonds is 8. The lowest BCUT2D eigenvalue weighted by atomic mass is 10.1. The van der Waals surface area contributed by atoms with Gasteiger partial charge in [-0.05, 0) is 37.8 Å². The lowest BCUT2D eigenvalue weighted by molar-refractivity contribution is 0.0972. The lowest BCUT2D eigenvalue weighted by Gasteiger charge is -2.21. The number of hydrogen-bond donors (Lipinski definition) is 2. The minimum Gasteiger partial charge on any atom is -0.372 e. The van der Waals surface area contributed by atoms with Gasteiger partial charge in [-0.25, -0.2) is 9.97 Å². The Hall–Kier alpha value is -2.69. The van der Waals surface area contributed by atoms with Gasteiger partial charge >= 0.3 is 0 Å². The summed E-state index contributed by atoms with van der Waals surface area (Å²) in [7, 11) is 1.65. The highest BCUT2D eigenvalue weighted by atomic mass is 35.5. The number of nitrogens with one attached hydrogen (secondary N) is 2. The molecule has 0 saturated heterocycles. The topological polar surface area (TPSA) is 106 Å². The highest BCUT2D eigenvalue weighted by molar-refractivity contribution is 8.01. The molecule has 160 valence electrons. The normalized spacial score (nSPS) is 15.8. The molecule has 0 radical (unpaired) electrons. The number of benzene rings is 1. The molecule has 31 heavy (non-hydrogen) atoms. The Bertz CT molecular complexity index is 1190. The molecule has 1 fully saturated rings. The van der Waals surface area contributed by atoms with E-state index < -0.39 is 0 Å². The van der Waals surface area contributed by atoms with Gasteiger partial charge in [0.1, 0.15) is 6.10 Å². The SMILES string of the molecule is COC(c1ncc(Cl)cn1)C(C)SNc1nnc(-c2cccc3[nH]ncc23)n1C1CC1. The van der Waals surface area contributed by atoms with Crippen LogP contribution in [0.4, 0.5) is 5.95 Å². The zero-order valence-electron chi connectivity index (χ0n) is 17.0. The lowest BCUT2D eigenvalue weighted by Crippen LogP contribution is -2.19. The molecule has 9 nitrogen and oxygen atoms in total. The summed E-state index contributed by atoms with van der Waals surface area (Å²) in [6.07, 6.45) is 6.91. The second kappa shape index (κ2) is 8.45. The van der Waals surface area contributed by atoms with E-state index in [0.717, 1.165) is 41.1 Å². The van der Waals surface area contributed by atoms with E-state index in [0.29, 0.717) is 16.9 Å². The van der Waals surface area contributed by atoms with E-state index in [1.807, 2.05) is 18.3 Å². The molecule has 2 atom stereocenters. The monoisotopic (exact) mass is 456 g/mol. The molecule has 5 rings (SSSR count). The van der Waals surface area contributed by atoms with E-state index in [2.05, 4.69) is 52.6 Å². The Balaban J connectivity index is 1.39. The van der Waals surface area contributed by atoms with Gasteiger partial charge in [0.15, 0.2) is 11.6 Å². The van der Waals surface area contributed by atoms with Gasteiger partial charge in [-0.2, -0.15) is 5.10 Å². The van der Waals surface area contributed by atoms with E-state index in [9.17, 15) is 0 Å².